The topological polar surface area (TPSA) is 124 Å². The van der Waals surface area contributed by atoms with Crippen LogP contribution in [0.3, 0.4) is 0 Å². The van der Waals surface area contributed by atoms with Crippen LogP contribution < -0.4 is 16.8 Å². The van der Waals surface area contributed by atoms with E-state index in [0.29, 0.717) is 17.4 Å². The third-order valence-electron chi connectivity index (χ3n) is 3.26. The lowest BCUT2D eigenvalue weighted by Gasteiger charge is -2.39. The zero-order chi connectivity index (χ0) is 13.8. The third kappa shape index (κ3) is 2.55. The number of aliphatic hydroxyl groups is 1. The second-order valence-electron chi connectivity index (χ2n) is 4.36. The van der Waals surface area contributed by atoms with Crippen molar-refractivity contribution in [2.45, 2.75) is 18.4 Å². The Morgan fingerprint density at radius 3 is 2.44 bits per heavy atom. The molecule has 1 fully saturated rings. The summed E-state index contributed by atoms with van der Waals surface area (Å²) in [6, 6.07) is 2.16. The molecule has 18 heavy (non-hydrogen) atoms. The van der Waals surface area contributed by atoms with Gasteiger partial charge in [0.1, 0.15) is 17.4 Å². The second kappa shape index (κ2) is 5.71. The molecule has 2 heterocycles. The minimum Gasteiger partial charge on any atom is -0.400 e. The van der Waals surface area contributed by atoms with E-state index < -0.39 is 5.54 Å². The van der Waals surface area contributed by atoms with Gasteiger partial charge >= 0.3 is 0 Å². The van der Waals surface area contributed by atoms with Gasteiger partial charge in [0.25, 0.3) is 0 Å². The number of nitrogens with two attached hydrogens (primary N) is 2. The molecular formula is C11H20N6O. The summed E-state index contributed by atoms with van der Waals surface area (Å²) in [6.07, 6.45) is 1.57. The summed E-state index contributed by atoms with van der Waals surface area (Å²) >= 11 is 0. The standard InChI is InChI=1S/C10H16N6.CH4O/c1-16-4-2-10(3-5-16)7(6-11)8(12)14-9(13)15-10;1-2/h2-5,12H2,1H3,(H3,13,14,15);2H,1H3. The van der Waals surface area contributed by atoms with Crippen LogP contribution in [0.5, 0.6) is 0 Å². The molecule has 1 saturated heterocycles. The smallest absolute Gasteiger partial charge is 0.195 e. The molecule has 0 aromatic carbocycles. The van der Waals surface area contributed by atoms with E-state index in [9.17, 15) is 5.26 Å². The lowest BCUT2D eigenvalue weighted by Crippen LogP contribution is -2.51. The van der Waals surface area contributed by atoms with Crippen molar-refractivity contribution in [3.63, 3.8) is 0 Å². The van der Waals surface area contributed by atoms with Gasteiger partial charge in [0.05, 0.1) is 5.57 Å². The normalized spacial score (nSPS) is 22.4. The number of aliphatic imine (C=N–C) groups is 1. The number of aliphatic hydroxyl groups excluding tert-OH is 1. The Morgan fingerprint density at radius 2 is 1.94 bits per heavy atom. The Labute approximate surface area is 107 Å². The van der Waals surface area contributed by atoms with Gasteiger partial charge in [-0.2, -0.15) is 5.26 Å². The average molecular weight is 252 g/mol. The van der Waals surface area contributed by atoms with Crippen molar-refractivity contribution in [3.05, 3.63) is 11.4 Å². The van der Waals surface area contributed by atoms with Gasteiger partial charge in [-0.05, 0) is 19.9 Å². The van der Waals surface area contributed by atoms with Crippen LogP contribution in [-0.4, -0.2) is 48.8 Å². The first-order valence-electron chi connectivity index (χ1n) is 5.73. The average Bonchev–Trinajstić information content (AvgIpc) is 2.35. The molecule has 0 aliphatic carbocycles. The molecule has 0 aromatic heterocycles. The van der Waals surface area contributed by atoms with Crippen molar-refractivity contribution in [3.8, 4) is 6.07 Å². The lowest BCUT2D eigenvalue weighted by atomic mass is 9.81. The summed E-state index contributed by atoms with van der Waals surface area (Å²) in [4.78, 5) is 6.62. The summed E-state index contributed by atoms with van der Waals surface area (Å²) in [5.74, 6) is 0.653. The molecule has 0 unspecified atom stereocenters. The van der Waals surface area contributed by atoms with E-state index >= 15 is 0 Å². The molecule has 2 aliphatic heterocycles. The maximum Gasteiger partial charge on any atom is 0.195 e. The Bertz CT molecular complexity index is 400. The molecule has 6 N–H and O–H groups in total. The number of likely N-dealkylation sites (tertiary alicyclic amines) is 1. The molecule has 0 bridgehead atoms. The zero-order valence-corrected chi connectivity index (χ0v) is 10.8. The van der Waals surface area contributed by atoms with E-state index in [1.807, 2.05) is 0 Å². The highest BCUT2D eigenvalue weighted by molar-refractivity contribution is 5.82. The van der Waals surface area contributed by atoms with Gasteiger partial charge in [-0.15, -0.1) is 0 Å². The Balaban J connectivity index is 0.000000771. The van der Waals surface area contributed by atoms with Gasteiger partial charge in [0, 0.05) is 20.2 Å². The summed E-state index contributed by atoms with van der Waals surface area (Å²) in [7, 11) is 3.06. The number of nitrogens with zero attached hydrogens (tertiary/aromatic N) is 3. The van der Waals surface area contributed by atoms with Crippen molar-refractivity contribution >= 4 is 5.96 Å². The number of piperidine rings is 1. The first-order chi connectivity index (χ1) is 8.57. The van der Waals surface area contributed by atoms with Crippen LogP contribution in [0.15, 0.2) is 16.4 Å². The van der Waals surface area contributed by atoms with E-state index in [1.54, 1.807) is 0 Å². The fourth-order valence-electron chi connectivity index (χ4n) is 2.28. The predicted molar refractivity (Wildman–Crippen MR) is 69.2 cm³/mol. The monoisotopic (exact) mass is 252 g/mol. The minimum absolute atomic E-state index is 0.307. The van der Waals surface area contributed by atoms with Crippen LogP contribution in [0.2, 0.25) is 0 Å². The summed E-state index contributed by atoms with van der Waals surface area (Å²) < 4.78 is 0. The summed E-state index contributed by atoms with van der Waals surface area (Å²) in [6.45, 7) is 1.80. The van der Waals surface area contributed by atoms with E-state index in [-0.39, 0.29) is 0 Å². The molecule has 2 rings (SSSR count). The van der Waals surface area contributed by atoms with Crippen LogP contribution in [0.4, 0.5) is 0 Å². The highest BCUT2D eigenvalue weighted by atomic mass is 16.2. The predicted octanol–water partition coefficient (Wildman–Crippen LogP) is -1.33. The fourth-order valence-corrected chi connectivity index (χ4v) is 2.28. The van der Waals surface area contributed by atoms with Crippen molar-refractivity contribution in [1.82, 2.24) is 10.2 Å². The quantitative estimate of drug-likeness (QED) is 0.423. The first-order valence-corrected chi connectivity index (χ1v) is 5.73. The van der Waals surface area contributed by atoms with Gasteiger partial charge in [-0.25, -0.2) is 4.99 Å². The Hall–Kier alpha value is -1.78. The fraction of sp³-hybridized carbons (Fsp3) is 0.636. The van der Waals surface area contributed by atoms with Gasteiger partial charge in [0.15, 0.2) is 5.96 Å². The first kappa shape index (κ1) is 14.3. The van der Waals surface area contributed by atoms with Gasteiger partial charge in [-0.1, -0.05) is 0 Å². The number of hydrogen-bond donors (Lipinski definition) is 4. The molecule has 100 valence electrons. The molecular weight excluding hydrogens is 232 g/mol. The number of guanidine groups is 1. The van der Waals surface area contributed by atoms with E-state index in [0.717, 1.165) is 33.0 Å². The van der Waals surface area contributed by atoms with Crippen LogP contribution in [0.1, 0.15) is 12.8 Å². The van der Waals surface area contributed by atoms with Crippen molar-refractivity contribution < 1.29 is 5.11 Å². The molecule has 0 atom stereocenters. The maximum atomic E-state index is 9.18. The van der Waals surface area contributed by atoms with Crippen LogP contribution in [0.25, 0.3) is 0 Å². The molecule has 0 amide bonds. The van der Waals surface area contributed by atoms with E-state index in [1.165, 1.54) is 0 Å². The van der Waals surface area contributed by atoms with E-state index in [4.69, 9.17) is 16.6 Å². The summed E-state index contributed by atoms with van der Waals surface area (Å²) in [5, 5.41) is 18.9. The third-order valence-corrected chi connectivity index (χ3v) is 3.26. The maximum absolute atomic E-state index is 9.18. The number of rotatable bonds is 0. The highest BCUT2D eigenvalue weighted by Crippen LogP contribution is 2.35. The van der Waals surface area contributed by atoms with Crippen molar-refractivity contribution in [2.75, 3.05) is 27.2 Å². The highest BCUT2D eigenvalue weighted by Gasteiger charge is 2.41. The number of nitrogens with one attached hydrogen (secondary N) is 1. The van der Waals surface area contributed by atoms with Crippen molar-refractivity contribution in [1.29, 1.82) is 5.26 Å². The molecule has 0 saturated carbocycles. The van der Waals surface area contributed by atoms with Gasteiger partial charge in [0.2, 0.25) is 0 Å². The van der Waals surface area contributed by atoms with Crippen LogP contribution in [-0.2, 0) is 0 Å². The SMILES string of the molecule is CN1CCC2(CC1)N=C(N)NC(N)=C2C#N.CO. The lowest BCUT2D eigenvalue weighted by molar-refractivity contribution is 0.214. The number of hydrogen-bond acceptors (Lipinski definition) is 7. The molecule has 7 nitrogen and oxygen atoms in total. The molecule has 7 heteroatoms. The zero-order valence-electron chi connectivity index (χ0n) is 10.8. The van der Waals surface area contributed by atoms with Crippen LogP contribution >= 0.6 is 0 Å². The van der Waals surface area contributed by atoms with Crippen LogP contribution in [0, 0.1) is 11.3 Å². The summed E-state index contributed by atoms with van der Waals surface area (Å²) in [5.41, 5.74) is 11.5. The van der Waals surface area contributed by atoms with Gasteiger partial charge in [-0.3, -0.25) is 0 Å². The van der Waals surface area contributed by atoms with Crippen molar-refractivity contribution in [2.24, 2.45) is 16.5 Å². The van der Waals surface area contributed by atoms with Gasteiger partial charge < -0.3 is 26.8 Å². The number of nitriles is 1. The van der Waals surface area contributed by atoms with E-state index in [2.05, 4.69) is 28.3 Å². The molecule has 0 radical (unpaired) electrons. The second-order valence-corrected chi connectivity index (χ2v) is 4.36. The Morgan fingerprint density at radius 1 is 1.39 bits per heavy atom. The molecule has 2 aliphatic rings. The largest absolute Gasteiger partial charge is 0.400 e. The Kier molecular flexibility index (Phi) is 4.53. The minimum atomic E-state index is -0.499. The molecule has 0 aromatic rings. The molecule has 1 spiro atoms.